The molecule has 2 rings (SSSR count). The number of H-pyrrole nitrogens is 1. The van der Waals surface area contributed by atoms with Crippen molar-refractivity contribution in [3.8, 4) is 0 Å². The molecular weight excluding hydrogens is 214 g/mol. The zero-order chi connectivity index (χ0) is 12.6. The number of nitrogens with one attached hydrogen (secondary N) is 1. The average molecular weight is 231 g/mol. The Morgan fingerprint density at radius 1 is 1.29 bits per heavy atom. The first-order chi connectivity index (χ1) is 8.08. The second kappa shape index (κ2) is 4.24. The Morgan fingerprint density at radius 3 is 2.53 bits per heavy atom. The normalized spacial score (nSPS) is 11.0. The lowest BCUT2D eigenvalue weighted by molar-refractivity contribution is 0.0698. The second-order valence-electron chi connectivity index (χ2n) is 4.31. The third-order valence-electron chi connectivity index (χ3n) is 3.28. The van der Waals surface area contributed by atoms with E-state index in [4.69, 9.17) is 0 Å². The van der Waals surface area contributed by atoms with Crippen LogP contribution in [0.5, 0.6) is 0 Å². The van der Waals surface area contributed by atoms with Crippen molar-refractivity contribution in [1.82, 2.24) is 4.98 Å². The van der Waals surface area contributed by atoms with Crippen LogP contribution in [-0.2, 0) is 12.8 Å². The Morgan fingerprint density at radius 2 is 2.00 bits per heavy atom. The number of aromatic nitrogens is 1. The van der Waals surface area contributed by atoms with Gasteiger partial charge in [0.1, 0.15) is 0 Å². The molecule has 0 amide bonds. The highest BCUT2D eigenvalue weighted by Crippen LogP contribution is 2.27. The molecular formula is C14H17NO2. The molecule has 90 valence electrons. The number of aryl methyl sites for hydroxylation is 3. The largest absolute Gasteiger partial charge is 0.478 e. The SMILES string of the molecule is CCc1cc(C(=O)O)c2[nH]c(C)c(CC)c2c1. The van der Waals surface area contributed by atoms with Crippen molar-refractivity contribution >= 4 is 16.9 Å². The van der Waals surface area contributed by atoms with Gasteiger partial charge in [-0.15, -0.1) is 0 Å². The molecule has 0 radical (unpaired) electrons. The zero-order valence-corrected chi connectivity index (χ0v) is 10.4. The average Bonchev–Trinajstić information content (AvgIpc) is 2.62. The molecule has 0 fully saturated rings. The topological polar surface area (TPSA) is 53.1 Å². The second-order valence-corrected chi connectivity index (χ2v) is 4.31. The van der Waals surface area contributed by atoms with E-state index in [0.29, 0.717) is 5.56 Å². The van der Waals surface area contributed by atoms with Gasteiger partial charge < -0.3 is 10.1 Å². The van der Waals surface area contributed by atoms with Gasteiger partial charge in [0.05, 0.1) is 11.1 Å². The van der Waals surface area contributed by atoms with Crippen LogP contribution in [-0.4, -0.2) is 16.1 Å². The van der Waals surface area contributed by atoms with E-state index < -0.39 is 5.97 Å². The Balaban J connectivity index is 2.85. The van der Waals surface area contributed by atoms with Gasteiger partial charge in [-0.2, -0.15) is 0 Å². The summed E-state index contributed by atoms with van der Waals surface area (Å²) in [6.07, 6.45) is 1.77. The monoisotopic (exact) mass is 231 g/mol. The smallest absolute Gasteiger partial charge is 0.337 e. The quantitative estimate of drug-likeness (QED) is 0.851. The van der Waals surface area contributed by atoms with Crippen LogP contribution in [0.4, 0.5) is 0 Å². The molecule has 1 aromatic heterocycles. The number of carbonyl (C=O) groups is 1. The highest BCUT2D eigenvalue weighted by Gasteiger charge is 2.15. The molecule has 0 saturated heterocycles. The van der Waals surface area contributed by atoms with Crippen molar-refractivity contribution in [2.45, 2.75) is 33.6 Å². The number of fused-ring (bicyclic) bond motifs is 1. The molecule has 0 aliphatic heterocycles. The summed E-state index contributed by atoms with van der Waals surface area (Å²) >= 11 is 0. The maximum Gasteiger partial charge on any atom is 0.337 e. The molecule has 1 heterocycles. The lowest BCUT2D eigenvalue weighted by atomic mass is 10.0. The van der Waals surface area contributed by atoms with Crippen molar-refractivity contribution in [3.63, 3.8) is 0 Å². The number of hydrogen-bond acceptors (Lipinski definition) is 1. The summed E-state index contributed by atoms with van der Waals surface area (Å²) in [5.74, 6) is -0.866. The minimum absolute atomic E-state index is 0.377. The molecule has 0 atom stereocenters. The summed E-state index contributed by atoms with van der Waals surface area (Å²) in [4.78, 5) is 14.5. The van der Waals surface area contributed by atoms with Crippen LogP contribution in [0.2, 0.25) is 0 Å². The summed E-state index contributed by atoms with van der Waals surface area (Å²) < 4.78 is 0. The van der Waals surface area contributed by atoms with Crippen LogP contribution >= 0.6 is 0 Å². The Kier molecular flexibility index (Phi) is 2.92. The number of benzene rings is 1. The third-order valence-corrected chi connectivity index (χ3v) is 3.28. The van der Waals surface area contributed by atoms with Crippen molar-refractivity contribution in [2.24, 2.45) is 0 Å². The van der Waals surface area contributed by atoms with Gasteiger partial charge in [0.2, 0.25) is 0 Å². The fraction of sp³-hybridized carbons (Fsp3) is 0.357. The first-order valence-electron chi connectivity index (χ1n) is 5.95. The number of carboxylic acid groups (broad SMARTS) is 1. The van der Waals surface area contributed by atoms with E-state index in [1.807, 2.05) is 13.8 Å². The number of carboxylic acids is 1. The van der Waals surface area contributed by atoms with Crippen molar-refractivity contribution in [1.29, 1.82) is 0 Å². The lowest BCUT2D eigenvalue weighted by Gasteiger charge is -2.03. The van der Waals surface area contributed by atoms with Crippen molar-refractivity contribution < 1.29 is 9.90 Å². The molecule has 0 spiro atoms. The highest BCUT2D eigenvalue weighted by atomic mass is 16.4. The summed E-state index contributed by atoms with van der Waals surface area (Å²) in [6.45, 7) is 6.13. The van der Waals surface area contributed by atoms with Gasteiger partial charge in [-0.3, -0.25) is 0 Å². The lowest BCUT2D eigenvalue weighted by Crippen LogP contribution is -1.99. The molecule has 3 heteroatoms. The summed E-state index contributed by atoms with van der Waals surface area (Å²) in [6, 6.07) is 3.87. The maximum atomic E-state index is 11.3. The van der Waals surface area contributed by atoms with E-state index in [-0.39, 0.29) is 0 Å². The van der Waals surface area contributed by atoms with Gasteiger partial charge in [0.25, 0.3) is 0 Å². The highest BCUT2D eigenvalue weighted by molar-refractivity contribution is 6.03. The standard InChI is InChI=1S/C14H17NO2/c1-4-9-6-11-10(5-2)8(3)15-13(11)12(7-9)14(16)17/h6-7,15H,4-5H2,1-3H3,(H,16,17). The Labute approximate surface area is 100 Å². The van der Waals surface area contributed by atoms with Crippen LogP contribution in [0.15, 0.2) is 12.1 Å². The molecule has 2 aromatic rings. The Hall–Kier alpha value is -1.77. The molecule has 0 saturated carbocycles. The summed E-state index contributed by atoms with van der Waals surface area (Å²) in [5, 5.41) is 10.3. The molecule has 0 aliphatic rings. The van der Waals surface area contributed by atoms with Gasteiger partial charge in [0.15, 0.2) is 0 Å². The molecule has 2 N–H and O–H groups in total. The fourth-order valence-corrected chi connectivity index (χ4v) is 2.37. The third kappa shape index (κ3) is 1.82. The minimum atomic E-state index is -0.866. The van der Waals surface area contributed by atoms with Gasteiger partial charge in [-0.1, -0.05) is 13.8 Å². The summed E-state index contributed by atoms with van der Waals surface area (Å²) in [7, 11) is 0. The van der Waals surface area contributed by atoms with E-state index in [0.717, 1.165) is 35.0 Å². The van der Waals surface area contributed by atoms with Crippen LogP contribution in [0.25, 0.3) is 10.9 Å². The van der Waals surface area contributed by atoms with Gasteiger partial charge in [-0.05, 0) is 43.0 Å². The molecule has 17 heavy (non-hydrogen) atoms. The van der Waals surface area contributed by atoms with Crippen molar-refractivity contribution in [2.75, 3.05) is 0 Å². The van der Waals surface area contributed by atoms with Crippen molar-refractivity contribution in [3.05, 3.63) is 34.5 Å². The predicted octanol–water partition coefficient (Wildman–Crippen LogP) is 3.30. The van der Waals surface area contributed by atoms with E-state index in [9.17, 15) is 9.90 Å². The van der Waals surface area contributed by atoms with E-state index >= 15 is 0 Å². The van der Waals surface area contributed by atoms with Crippen LogP contribution in [0, 0.1) is 6.92 Å². The van der Waals surface area contributed by atoms with E-state index in [2.05, 4.69) is 18.0 Å². The van der Waals surface area contributed by atoms with Gasteiger partial charge in [0, 0.05) is 11.1 Å². The fourth-order valence-electron chi connectivity index (χ4n) is 2.37. The summed E-state index contributed by atoms with van der Waals surface area (Å²) in [5.41, 5.74) is 4.49. The maximum absolute atomic E-state index is 11.3. The van der Waals surface area contributed by atoms with Crippen LogP contribution in [0.1, 0.15) is 41.0 Å². The molecule has 3 nitrogen and oxygen atoms in total. The van der Waals surface area contributed by atoms with Crippen LogP contribution in [0.3, 0.4) is 0 Å². The van der Waals surface area contributed by atoms with Gasteiger partial charge >= 0.3 is 5.97 Å². The van der Waals surface area contributed by atoms with E-state index in [1.54, 1.807) is 6.07 Å². The number of rotatable bonds is 3. The van der Waals surface area contributed by atoms with Gasteiger partial charge in [-0.25, -0.2) is 4.79 Å². The minimum Gasteiger partial charge on any atom is -0.478 e. The molecule has 0 bridgehead atoms. The first-order valence-corrected chi connectivity index (χ1v) is 5.95. The molecule has 1 aromatic carbocycles. The predicted molar refractivity (Wildman–Crippen MR) is 68.8 cm³/mol. The first kappa shape index (κ1) is 11.7. The number of aromatic amines is 1. The Bertz CT molecular complexity index is 581. The zero-order valence-electron chi connectivity index (χ0n) is 10.4. The van der Waals surface area contributed by atoms with E-state index in [1.165, 1.54) is 5.56 Å². The molecule has 0 aliphatic carbocycles. The molecule has 0 unspecified atom stereocenters. The van der Waals surface area contributed by atoms with Crippen LogP contribution < -0.4 is 0 Å². The number of aromatic carboxylic acids is 1. The number of hydrogen-bond donors (Lipinski definition) is 2.